The minimum Gasteiger partial charge on any atom is -0.385 e. The van der Waals surface area contributed by atoms with E-state index in [0.717, 1.165) is 37.8 Å². The van der Waals surface area contributed by atoms with E-state index < -0.39 is 33.2 Å². The van der Waals surface area contributed by atoms with Crippen LogP contribution in [0.15, 0.2) is 12.1 Å². The Morgan fingerprint density at radius 3 is 2.68 bits per heavy atom. The number of hydrogen-bond acceptors (Lipinski definition) is 5. The molecule has 2 N–H and O–H groups in total. The molecule has 0 saturated heterocycles. The van der Waals surface area contributed by atoms with Crippen molar-refractivity contribution in [2.45, 2.75) is 57.1 Å². The highest BCUT2D eigenvalue weighted by Crippen LogP contribution is 2.34. The lowest BCUT2D eigenvalue weighted by Crippen LogP contribution is -2.34. The molecule has 0 radical (unpaired) electrons. The summed E-state index contributed by atoms with van der Waals surface area (Å²) in [6, 6.07) is 1.84. The van der Waals surface area contributed by atoms with Gasteiger partial charge in [-0.05, 0) is 32.3 Å². The van der Waals surface area contributed by atoms with Gasteiger partial charge in [0.1, 0.15) is 11.4 Å². The number of carbonyl (C=O) groups is 2. The molecule has 0 aliphatic heterocycles. The Morgan fingerprint density at radius 2 is 2.12 bits per heavy atom. The van der Waals surface area contributed by atoms with Crippen LogP contribution in [0.3, 0.4) is 0 Å². The fourth-order valence-corrected chi connectivity index (χ4v) is 3.26. The number of nitrogens with zero attached hydrogens (tertiary/aromatic N) is 1. The van der Waals surface area contributed by atoms with Crippen molar-refractivity contribution in [3.8, 4) is 0 Å². The summed E-state index contributed by atoms with van der Waals surface area (Å²) in [4.78, 5) is 33.5. The van der Waals surface area contributed by atoms with E-state index in [-0.39, 0.29) is 31.1 Å². The summed E-state index contributed by atoms with van der Waals surface area (Å²) in [5.41, 5.74) is -3.43. The predicted molar refractivity (Wildman–Crippen MR) is 87.6 cm³/mol. The van der Waals surface area contributed by atoms with E-state index in [4.69, 9.17) is 0 Å². The van der Waals surface area contributed by atoms with Crippen LogP contribution >= 0.6 is 0 Å². The molecule has 0 spiro atoms. The van der Waals surface area contributed by atoms with E-state index in [2.05, 4.69) is 5.32 Å². The third-order valence-corrected chi connectivity index (χ3v) is 4.58. The van der Waals surface area contributed by atoms with Gasteiger partial charge in [0.25, 0.3) is 5.69 Å². The van der Waals surface area contributed by atoms with Gasteiger partial charge in [0, 0.05) is 24.1 Å². The van der Waals surface area contributed by atoms with Crippen LogP contribution in [-0.2, 0) is 10.4 Å². The average Bonchev–Trinajstić information content (AvgIpc) is 3.05. The zero-order valence-corrected chi connectivity index (χ0v) is 14.0. The van der Waals surface area contributed by atoms with E-state index in [9.17, 15) is 29.2 Å². The minimum absolute atomic E-state index is 0.0794. The summed E-state index contributed by atoms with van der Waals surface area (Å²) in [5.74, 6) is -1.19. The molecule has 0 heterocycles. The number of nitro groups is 1. The summed E-state index contributed by atoms with van der Waals surface area (Å²) >= 11 is 0. The van der Waals surface area contributed by atoms with E-state index in [1.807, 2.05) is 0 Å². The van der Waals surface area contributed by atoms with Crippen molar-refractivity contribution in [2.24, 2.45) is 0 Å². The number of nitro benzene ring substituents is 1. The number of aliphatic hydroxyl groups is 1. The first-order chi connectivity index (χ1) is 11.8. The van der Waals surface area contributed by atoms with Gasteiger partial charge in [-0.25, -0.2) is 4.39 Å². The highest BCUT2D eigenvalue weighted by molar-refractivity contribution is 5.84. The number of aldehydes is 1. The van der Waals surface area contributed by atoms with E-state index >= 15 is 0 Å². The number of nitrogens with one attached hydrogen (secondary N) is 1. The SMILES string of the molecule is CC(O)(CCC(=O)NC1CCCC1)c1c(F)ccc([N+](=O)[O-])c1C=O. The molecular formula is C17H21FN2O5. The van der Waals surface area contributed by atoms with Crippen LogP contribution in [0.2, 0.25) is 0 Å². The number of hydrogen-bond donors (Lipinski definition) is 2. The highest BCUT2D eigenvalue weighted by atomic mass is 19.1. The Labute approximate surface area is 144 Å². The average molecular weight is 352 g/mol. The number of benzene rings is 1. The van der Waals surface area contributed by atoms with Gasteiger partial charge in [0.15, 0.2) is 6.29 Å². The number of rotatable bonds is 7. The summed E-state index contributed by atoms with van der Waals surface area (Å²) in [6.45, 7) is 1.24. The largest absolute Gasteiger partial charge is 0.385 e. The van der Waals surface area contributed by atoms with Crippen LogP contribution < -0.4 is 5.32 Å². The summed E-state index contributed by atoms with van der Waals surface area (Å²) in [6.07, 6.45) is 3.86. The first-order valence-corrected chi connectivity index (χ1v) is 8.20. The van der Waals surface area contributed by atoms with E-state index in [1.165, 1.54) is 6.92 Å². The molecule has 2 rings (SSSR count). The van der Waals surface area contributed by atoms with Crippen LogP contribution in [-0.4, -0.2) is 28.3 Å². The van der Waals surface area contributed by atoms with Crippen molar-refractivity contribution in [1.82, 2.24) is 5.32 Å². The van der Waals surface area contributed by atoms with Gasteiger partial charge in [0.2, 0.25) is 5.91 Å². The summed E-state index contributed by atoms with van der Waals surface area (Å²) < 4.78 is 14.2. The maximum atomic E-state index is 14.2. The summed E-state index contributed by atoms with van der Waals surface area (Å²) in [5, 5.41) is 24.5. The van der Waals surface area contributed by atoms with Crippen LogP contribution in [0.25, 0.3) is 0 Å². The second-order valence-electron chi connectivity index (χ2n) is 6.55. The Balaban J connectivity index is 2.17. The van der Waals surface area contributed by atoms with Crippen LogP contribution in [0.4, 0.5) is 10.1 Å². The molecule has 1 unspecified atom stereocenters. The first-order valence-electron chi connectivity index (χ1n) is 8.20. The minimum atomic E-state index is -1.89. The highest BCUT2D eigenvalue weighted by Gasteiger charge is 2.34. The predicted octanol–water partition coefficient (Wildman–Crippen LogP) is 2.59. The van der Waals surface area contributed by atoms with Crippen molar-refractivity contribution in [3.63, 3.8) is 0 Å². The maximum Gasteiger partial charge on any atom is 0.280 e. The zero-order valence-electron chi connectivity index (χ0n) is 14.0. The lowest BCUT2D eigenvalue weighted by molar-refractivity contribution is -0.385. The Bertz CT molecular complexity index is 684. The maximum absolute atomic E-state index is 14.2. The molecule has 1 aliphatic carbocycles. The second-order valence-corrected chi connectivity index (χ2v) is 6.55. The molecule has 0 aromatic heterocycles. The van der Waals surface area contributed by atoms with Gasteiger partial charge in [-0.15, -0.1) is 0 Å². The Kier molecular flexibility index (Phi) is 5.84. The van der Waals surface area contributed by atoms with Crippen molar-refractivity contribution in [1.29, 1.82) is 0 Å². The molecule has 1 aliphatic rings. The second kappa shape index (κ2) is 7.69. The monoisotopic (exact) mass is 352 g/mol. The van der Waals surface area contributed by atoms with E-state index in [1.54, 1.807) is 0 Å². The number of halogens is 1. The quantitative estimate of drug-likeness (QED) is 0.445. The molecule has 7 nitrogen and oxygen atoms in total. The lowest BCUT2D eigenvalue weighted by atomic mass is 9.86. The third kappa shape index (κ3) is 4.39. The number of carbonyl (C=O) groups excluding carboxylic acids is 2. The standard InChI is InChI=1S/C17H21FN2O5/c1-17(23,9-8-15(22)19-11-4-2-3-5-11)16-12(10-21)14(20(24)25)7-6-13(16)18/h6-7,10-11,23H,2-5,8-9H2,1H3,(H,19,22). The number of amides is 1. The molecule has 1 fully saturated rings. The molecule has 1 saturated carbocycles. The Hall–Kier alpha value is -2.35. The topological polar surface area (TPSA) is 110 Å². The fourth-order valence-electron chi connectivity index (χ4n) is 3.26. The van der Waals surface area contributed by atoms with Gasteiger partial charge >= 0.3 is 0 Å². The Morgan fingerprint density at radius 1 is 1.48 bits per heavy atom. The molecule has 1 aromatic carbocycles. The molecule has 0 bridgehead atoms. The molecule has 25 heavy (non-hydrogen) atoms. The smallest absolute Gasteiger partial charge is 0.280 e. The van der Waals surface area contributed by atoms with Crippen molar-refractivity contribution >= 4 is 17.9 Å². The third-order valence-electron chi connectivity index (χ3n) is 4.58. The first kappa shape index (κ1) is 19.0. The van der Waals surface area contributed by atoms with Gasteiger partial charge in [-0.3, -0.25) is 19.7 Å². The van der Waals surface area contributed by atoms with Gasteiger partial charge in [0.05, 0.1) is 10.5 Å². The van der Waals surface area contributed by atoms with Crippen LogP contribution in [0.5, 0.6) is 0 Å². The fraction of sp³-hybridized carbons (Fsp3) is 0.529. The van der Waals surface area contributed by atoms with Crippen molar-refractivity contribution < 1.29 is 24.0 Å². The normalized spacial score (nSPS) is 17.1. The van der Waals surface area contributed by atoms with Crippen molar-refractivity contribution in [2.75, 3.05) is 0 Å². The van der Waals surface area contributed by atoms with Gasteiger partial charge < -0.3 is 10.4 Å². The molecule has 136 valence electrons. The molecule has 1 atom stereocenters. The van der Waals surface area contributed by atoms with Gasteiger partial charge in [-0.1, -0.05) is 12.8 Å². The molecule has 8 heteroatoms. The van der Waals surface area contributed by atoms with Crippen molar-refractivity contribution in [3.05, 3.63) is 39.2 Å². The molecule has 1 amide bonds. The molecule has 1 aromatic rings. The lowest BCUT2D eigenvalue weighted by Gasteiger charge is -2.25. The molecular weight excluding hydrogens is 331 g/mol. The van der Waals surface area contributed by atoms with Gasteiger partial charge in [-0.2, -0.15) is 0 Å². The van der Waals surface area contributed by atoms with Crippen LogP contribution in [0, 0.1) is 15.9 Å². The summed E-state index contributed by atoms with van der Waals surface area (Å²) in [7, 11) is 0. The van der Waals surface area contributed by atoms with E-state index in [0.29, 0.717) is 0 Å². The zero-order chi connectivity index (χ0) is 18.6. The van der Waals surface area contributed by atoms with Crippen LogP contribution in [0.1, 0.15) is 61.4 Å².